The summed E-state index contributed by atoms with van der Waals surface area (Å²) in [7, 11) is 0. The van der Waals surface area contributed by atoms with Crippen molar-refractivity contribution in [1.29, 1.82) is 0 Å². The maximum Gasteiger partial charge on any atom is 0.0280 e. The van der Waals surface area contributed by atoms with E-state index in [0.717, 1.165) is 19.3 Å². The Hall–Kier alpha value is -3.64. The van der Waals surface area contributed by atoms with Crippen molar-refractivity contribution in [3.63, 3.8) is 0 Å². The highest BCUT2D eigenvalue weighted by molar-refractivity contribution is 5.85. The standard InChI is InChI=1S/C41H44/c1-8-9-24-41(30-16-12-13-17-30,33-19-18-28-14-10-11-15-29(28)25-33)38-36-26-31(39(2,3)4)20-22-34(36)35-23-21-32(27-37(35)38)40(5,6)7/h8,10-16,18-23,25-27,38H,1,9,17,24H2,2-7H3. The Morgan fingerprint density at radius 2 is 1.29 bits per heavy atom. The molecule has 1 atom stereocenters. The highest BCUT2D eigenvalue weighted by Crippen LogP contribution is 2.60. The van der Waals surface area contributed by atoms with Crippen LogP contribution >= 0.6 is 0 Å². The van der Waals surface area contributed by atoms with Crippen LogP contribution in [0.4, 0.5) is 0 Å². The number of allylic oxidation sites excluding steroid dienone is 5. The summed E-state index contributed by atoms with van der Waals surface area (Å²) in [6.07, 6.45) is 12.1. The number of hydrogen-bond acceptors (Lipinski definition) is 0. The van der Waals surface area contributed by atoms with Gasteiger partial charge in [-0.05, 0) is 79.8 Å². The molecule has 0 saturated carbocycles. The average molecular weight is 537 g/mol. The van der Waals surface area contributed by atoms with Gasteiger partial charge in [-0.2, -0.15) is 0 Å². The van der Waals surface area contributed by atoms with Crippen molar-refractivity contribution in [2.45, 2.75) is 83.0 Å². The minimum absolute atomic E-state index is 0.0752. The van der Waals surface area contributed by atoms with Crippen LogP contribution in [-0.4, -0.2) is 0 Å². The highest BCUT2D eigenvalue weighted by atomic mass is 14.5. The molecular formula is C41H44. The molecule has 0 saturated heterocycles. The Morgan fingerprint density at radius 3 is 1.83 bits per heavy atom. The summed E-state index contributed by atoms with van der Waals surface area (Å²) >= 11 is 0. The van der Waals surface area contributed by atoms with Crippen molar-refractivity contribution >= 4 is 10.8 Å². The van der Waals surface area contributed by atoms with E-state index in [-0.39, 0.29) is 22.2 Å². The summed E-state index contributed by atoms with van der Waals surface area (Å²) in [4.78, 5) is 0. The Bertz CT molecular complexity index is 1630. The van der Waals surface area contributed by atoms with E-state index in [4.69, 9.17) is 0 Å². The van der Waals surface area contributed by atoms with E-state index in [9.17, 15) is 0 Å². The van der Waals surface area contributed by atoms with Crippen LogP contribution in [0.2, 0.25) is 0 Å². The Kier molecular flexibility index (Phi) is 6.73. The number of rotatable bonds is 6. The van der Waals surface area contributed by atoms with E-state index in [0.29, 0.717) is 0 Å². The van der Waals surface area contributed by atoms with Crippen LogP contribution in [0.25, 0.3) is 21.9 Å². The van der Waals surface area contributed by atoms with Gasteiger partial charge in [-0.25, -0.2) is 0 Å². The molecule has 0 heteroatoms. The third-order valence-electron chi connectivity index (χ3n) is 9.59. The monoisotopic (exact) mass is 536 g/mol. The minimum Gasteiger partial charge on any atom is -0.103 e. The van der Waals surface area contributed by atoms with Crippen LogP contribution in [0, 0.1) is 0 Å². The molecule has 2 aliphatic rings. The van der Waals surface area contributed by atoms with Crippen molar-refractivity contribution in [3.05, 3.63) is 143 Å². The van der Waals surface area contributed by atoms with Gasteiger partial charge >= 0.3 is 0 Å². The first-order valence-corrected chi connectivity index (χ1v) is 15.3. The van der Waals surface area contributed by atoms with Crippen molar-refractivity contribution in [3.8, 4) is 11.1 Å². The van der Waals surface area contributed by atoms with Crippen LogP contribution in [-0.2, 0) is 16.2 Å². The third-order valence-corrected chi connectivity index (χ3v) is 9.59. The van der Waals surface area contributed by atoms with Crippen molar-refractivity contribution in [1.82, 2.24) is 0 Å². The molecule has 0 aromatic heterocycles. The average Bonchev–Trinajstić information content (AvgIpc) is 3.60. The maximum absolute atomic E-state index is 4.21. The van der Waals surface area contributed by atoms with Crippen LogP contribution in [0.15, 0.2) is 115 Å². The lowest BCUT2D eigenvalue weighted by Gasteiger charge is -2.43. The predicted octanol–water partition coefficient (Wildman–Crippen LogP) is 11.3. The molecule has 4 aromatic carbocycles. The van der Waals surface area contributed by atoms with E-state index < -0.39 is 0 Å². The lowest BCUT2D eigenvalue weighted by atomic mass is 9.59. The zero-order chi connectivity index (χ0) is 29.0. The zero-order valence-electron chi connectivity index (χ0n) is 25.7. The van der Waals surface area contributed by atoms with Gasteiger partial charge in [0.15, 0.2) is 0 Å². The summed E-state index contributed by atoms with van der Waals surface area (Å²) in [5, 5.41) is 2.61. The van der Waals surface area contributed by atoms with Gasteiger partial charge in [0.25, 0.3) is 0 Å². The summed E-state index contributed by atoms with van der Waals surface area (Å²) < 4.78 is 0. The SMILES string of the molecule is C=CCCC(C1=CC=CC1)(c1ccc2ccccc2c1)C1c2cc(C(C)(C)C)ccc2-c2ccc(C(C)(C)C)cc21. The van der Waals surface area contributed by atoms with Crippen LogP contribution in [0.5, 0.6) is 0 Å². The number of hydrogen-bond donors (Lipinski definition) is 0. The number of fused-ring (bicyclic) bond motifs is 4. The normalized spacial score (nSPS) is 16.4. The molecule has 0 amide bonds. The quantitative estimate of drug-likeness (QED) is 0.215. The topological polar surface area (TPSA) is 0 Å². The van der Waals surface area contributed by atoms with Crippen LogP contribution in [0.1, 0.15) is 94.5 Å². The maximum atomic E-state index is 4.21. The van der Waals surface area contributed by atoms with Crippen molar-refractivity contribution in [2.75, 3.05) is 0 Å². The lowest BCUT2D eigenvalue weighted by molar-refractivity contribution is 0.412. The fraction of sp³-hybridized carbons (Fsp3) is 0.317. The Labute approximate surface area is 247 Å². The van der Waals surface area contributed by atoms with E-state index in [2.05, 4.69) is 151 Å². The summed E-state index contributed by atoms with van der Waals surface area (Å²) in [5.41, 5.74) is 11.4. The zero-order valence-corrected chi connectivity index (χ0v) is 25.7. The molecule has 4 aromatic rings. The number of benzene rings is 4. The molecule has 0 heterocycles. The Morgan fingerprint density at radius 1 is 0.707 bits per heavy atom. The molecule has 41 heavy (non-hydrogen) atoms. The smallest absolute Gasteiger partial charge is 0.0280 e. The van der Waals surface area contributed by atoms with Crippen LogP contribution < -0.4 is 0 Å². The molecule has 0 aliphatic heterocycles. The first kappa shape index (κ1) is 27.5. The fourth-order valence-corrected chi connectivity index (χ4v) is 7.29. The molecular weight excluding hydrogens is 492 g/mol. The fourth-order valence-electron chi connectivity index (χ4n) is 7.29. The van der Waals surface area contributed by atoms with Crippen molar-refractivity contribution in [2.24, 2.45) is 0 Å². The second-order valence-electron chi connectivity index (χ2n) is 14.2. The molecule has 208 valence electrons. The van der Waals surface area contributed by atoms with Gasteiger partial charge in [0, 0.05) is 11.3 Å². The van der Waals surface area contributed by atoms with Crippen LogP contribution in [0.3, 0.4) is 0 Å². The predicted molar refractivity (Wildman–Crippen MR) is 178 cm³/mol. The van der Waals surface area contributed by atoms with E-state index in [1.165, 1.54) is 55.3 Å². The largest absolute Gasteiger partial charge is 0.103 e. The molecule has 0 radical (unpaired) electrons. The van der Waals surface area contributed by atoms with E-state index in [1.807, 2.05) is 0 Å². The van der Waals surface area contributed by atoms with Gasteiger partial charge < -0.3 is 0 Å². The molecule has 0 fully saturated rings. The van der Waals surface area contributed by atoms with E-state index in [1.54, 1.807) is 0 Å². The first-order chi connectivity index (χ1) is 19.5. The summed E-state index contributed by atoms with van der Waals surface area (Å²) in [6, 6.07) is 30.7. The molecule has 0 nitrogen and oxygen atoms in total. The van der Waals surface area contributed by atoms with E-state index >= 15 is 0 Å². The molecule has 0 N–H and O–H groups in total. The first-order valence-electron chi connectivity index (χ1n) is 15.3. The van der Waals surface area contributed by atoms with Gasteiger partial charge in [-0.1, -0.05) is 150 Å². The van der Waals surface area contributed by atoms with Gasteiger partial charge in [-0.3, -0.25) is 0 Å². The van der Waals surface area contributed by atoms with Crippen molar-refractivity contribution < 1.29 is 0 Å². The molecule has 1 unspecified atom stereocenters. The Balaban J connectivity index is 1.72. The molecule has 0 bridgehead atoms. The summed E-state index contributed by atoms with van der Waals surface area (Å²) in [5.74, 6) is 0.212. The minimum atomic E-state index is -0.200. The second-order valence-corrected chi connectivity index (χ2v) is 14.2. The molecule has 2 aliphatic carbocycles. The second kappa shape index (κ2) is 10.0. The third kappa shape index (κ3) is 4.62. The van der Waals surface area contributed by atoms with Gasteiger partial charge in [0.05, 0.1) is 0 Å². The lowest BCUT2D eigenvalue weighted by Crippen LogP contribution is -2.36. The van der Waals surface area contributed by atoms with Gasteiger partial charge in [0.2, 0.25) is 0 Å². The molecule has 0 spiro atoms. The molecule has 6 rings (SSSR count). The summed E-state index contributed by atoms with van der Waals surface area (Å²) in [6.45, 7) is 18.2. The van der Waals surface area contributed by atoms with Gasteiger partial charge in [-0.15, -0.1) is 6.58 Å². The van der Waals surface area contributed by atoms with Gasteiger partial charge in [0.1, 0.15) is 0 Å². The highest BCUT2D eigenvalue weighted by Gasteiger charge is 2.49.